The molecule has 0 spiro atoms. The zero-order chi connectivity index (χ0) is 11.5. The molecule has 1 fully saturated rings. The van der Waals surface area contributed by atoms with Gasteiger partial charge in [0.15, 0.2) is 0 Å². The van der Waals surface area contributed by atoms with Crippen LogP contribution in [0.2, 0.25) is 0 Å². The number of para-hydroxylation sites is 1. The molecule has 2 rings (SSSR count). The molecule has 16 heavy (non-hydrogen) atoms. The van der Waals surface area contributed by atoms with Crippen LogP contribution in [0.3, 0.4) is 0 Å². The third-order valence-corrected chi connectivity index (χ3v) is 2.75. The summed E-state index contributed by atoms with van der Waals surface area (Å²) in [6.45, 7) is 0.643. The molecule has 4 N–H and O–H groups in total. The Hall–Kier alpha value is -1.62. The molecule has 0 aliphatic carbocycles. The predicted molar refractivity (Wildman–Crippen MR) is 67.4 cm³/mol. The molecule has 1 aliphatic heterocycles. The van der Waals surface area contributed by atoms with Crippen molar-refractivity contribution in [2.75, 3.05) is 11.9 Å². The van der Waals surface area contributed by atoms with Crippen LogP contribution in [-0.2, 0) is 4.79 Å². The van der Waals surface area contributed by atoms with Gasteiger partial charge >= 0.3 is 0 Å². The van der Waals surface area contributed by atoms with Crippen LogP contribution in [0.15, 0.2) is 24.3 Å². The Kier molecular flexibility index (Phi) is 3.05. The topological polar surface area (TPSA) is 67.2 Å². The van der Waals surface area contributed by atoms with Crippen LogP contribution in [0.4, 0.5) is 5.69 Å². The molecule has 0 aromatic heterocycles. The largest absolute Gasteiger partial charge is 0.389 e. The number of amides is 1. The molecule has 0 bridgehead atoms. The first kappa shape index (κ1) is 10.9. The first-order valence-electron chi connectivity index (χ1n) is 5.09. The van der Waals surface area contributed by atoms with Crippen LogP contribution in [0.25, 0.3) is 0 Å². The van der Waals surface area contributed by atoms with Crippen LogP contribution in [0, 0.1) is 0 Å². The first-order valence-corrected chi connectivity index (χ1v) is 5.49. The van der Waals surface area contributed by atoms with Crippen LogP contribution < -0.4 is 16.4 Å². The lowest BCUT2D eigenvalue weighted by atomic mass is 10.1. The third kappa shape index (κ3) is 2.30. The number of nitrogens with two attached hydrogens (primary N) is 1. The van der Waals surface area contributed by atoms with Gasteiger partial charge in [0.25, 0.3) is 0 Å². The first-order chi connectivity index (χ1) is 7.66. The minimum atomic E-state index is 0.0744. The molecule has 1 atom stereocenters. The molecule has 5 heteroatoms. The van der Waals surface area contributed by atoms with Crippen LogP contribution in [0.5, 0.6) is 0 Å². The van der Waals surface area contributed by atoms with E-state index in [1.54, 1.807) is 0 Å². The summed E-state index contributed by atoms with van der Waals surface area (Å²) in [7, 11) is 0. The number of hydrogen-bond donors (Lipinski definition) is 3. The normalized spacial score (nSPS) is 19.2. The Morgan fingerprint density at radius 3 is 2.88 bits per heavy atom. The fourth-order valence-electron chi connectivity index (χ4n) is 1.75. The summed E-state index contributed by atoms with van der Waals surface area (Å²) < 4.78 is 0. The maximum atomic E-state index is 11.1. The number of hydrogen-bond acceptors (Lipinski definition) is 3. The Labute approximate surface area is 99.2 Å². The van der Waals surface area contributed by atoms with E-state index >= 15 is 0 Å². The van der Waals surface area contributed by atoms with Gasteiger partial charge in [-0.25, -0.2) is 0 Å². The third-order valence-electron chi connectivity index (χ3n) is 2.53. The van der Waals surface area contributed by atoms with E-state index in [1.807, 2.05) is 24.3 Å². The van der Waals surface area contributed by atoms with Crippen LogP contribution >= 0.6 is 12.2 Å². The summed E-state index contributed by atoms with van der Waals surface area (Å²) in [5.74, 6) is 0.0744. The molecule has 0 radical (unpaired) electrons. The Morgan fingerprint density at radius 2 is 2.25 bits per heavy atom. The standard InChI is InChI=1S/C11H13N3OS/c12-11(16)8-3-1-2-4-9(8)14-7-5-10(15)13-6-7/h1-4,7,14H,5-6H2,(H2,12,16)(H,13,15). The number of nitrogens with one attached hydrogen (secondary N) is 2. The molecular formula is C11H13N3OS. The number of carbonyl (C=O) groups is 1. The number of anilines is 1. The number of rotatable bonds is 3. The van der Waals surface area contributed by atoms with Crippen molar-refractivity contribution in [2.45, 2.75) is 12.5 Å². The summed E-state index contributed by atoms with van der Waals surface area (Å²) in [6.07, 6.45) is 0.492. The maximum absolute atomic E-state index is 11.1. The smallest absolute Gasteiger partial charge is 0.222 e. The van der Waals surface area contributed by atoms with Gasteiger partial charge in [-0.05, 0) is 12.1 Å². The van der Waals surface area contributed by atoms with Gasteiger partial charge in [0.05, 0.1) is 6.04 Å². The van der Waals surface area contributed by atoms with E-state index in [2.05, 4.69) is 10.6 Å². The average Bonchev–Trinajstić information content (AvgIpc) is 2.64. The van der Waals surface area contributed by atoms with Crippen molar-refractivity contribution < 1.29 is 4.79 Å². The summed E-state index contributed by atoms with van der Waals surface area (Å²) >= 11 is 4.97. The molecule has 0 saturated carbocycles. The highest BCUT2D eigenvalue weighted by atomic mass is 32.1. The summed E-state index contributed by atoms with van der Waals surface area (Å²) in [6, 6.07) is 7.70. The fourth-order valence-corrected chi connectivity index (χ4v) is 1.93. The Morgan fingerprint density at radius 1 is 1.50 bits per heavy atom. The van der Waals surface area contributed by atoms with Crippen molar-refractivity contribution in [3.05, 3.63) is 29.8 Å². The van der Waals surface area contributed by atoms with Crippen LogP contribution in [0.1, 0.15) is 12.0 Å². The van der Waals surface area contributed by atoms with E-state index in [0.717, 1.165) is 11.3 Å². The molecule has 1 aromatic rings. The second kappa shape index (κ2) is 4.49. The minimum Gasteiger partial charge on any atom is -0.389 e. The SMILES string of the molecule is NC(=S)c1ccccc1NC1CNC(=O)C1. The molecule has 1 aliphatic rings. The monoisotopic (exact) mass is 235 g/mol. The fraction of sp³-hybridized carbons (Fsp3) is 0.273. The van der Waals surface area contributed by atoms with Gasteiger partial charge in [0.2, 0.25) is 5.91 Å². The van der Waals surface area contributed by atoms with E-state index in [0.29, 0.717) is 18.0 Å². The molecule has 1 aromatic carbocycles. The van der Waals surface area contributed by atoms with Crippen molar-refractivity contribution in [1.29, 1.82) is 0 Å². The molecule has 4 nitrogen and oxygen atoms in total. The van der Waals surface area contributed by atoms with Crippen molar-refractivity contribution in [3.8, 4) is 0 Å². The molecule has 1 saturated heterocycles. The predicted octanol–water partition coefficient (Wildman–Crippen LogP) is 0.621. The van der Waals surface area contributed by atoms with Gasteiger partial charge in [0.1, 0.15) is 4.99 Å². The second-order valence-corrected chi connectivity index (χ2v) is 4.20. The van der Waals surface area contributed by atoms with E-state index in [4.69, 9.17) is 18.0 Å². The lowest BCUT2D eigenvalue weighted by Gasteiger charge is -2.15. The van der Waals surface area contributed by atoms with E-state index in [-0.39, 0.29) is 11.9 Å². The van der Waals surface area contributed by atoms with E-state index in [1.165, 1.54) is 0 Å². The number of benzene rings is 1. The van der Waals surface area contributed by atoms with Gasteiger partial charge in [-0.15, -0.1) is 0 Å². The van der Waals surface area contributed by atoms with Crippen molar-refractivity contribution in [2.24, 2.45) is 5.73 Å². The molecule has 1 unspecified atom stereocenters. The average molecular weight is 235 g/mol. The quantitative estimate of drug-likeness (QED) is 0.672. The highest BCUT2D eigenvalue weighted by molar-refractivity contribution is 7.80. The lowest BCUT2D eigenvalue weighted by molar-refractivity contribution is -0.119. The van der Waals surface area contributed by atoms with Crippen LogP contribution in [-0.4, -0.2) is 23.5 Å². The Balaban J connectivity index is 2.14. The molecule has 84 valence electrons. The van der Waals surface area contributed by atoms with E-state index in [9.17, 15) is 4.79 Å². The zero-order valence-electron chi connectivity index (χ0n) is 8.69. The van der Waals surface area contributed by atoms with Gasteiger partial charge in [0, 0.05) is 24.2 Å². The maximum Gasteiger partial charge on any atom is 0.222 e. The highest BCUT2D eigenvalue weighted by Crippen LogP contribution is 2.17. The summed E-state index contributed by atoms with van der Waals surface area (Å²) in [4.78, 5) is 11.4. The summed E-state index contributed by atoms with van der Waals surface area (Å²) in [5.41, 5.74) is 7.33. The zero-order valence-corrected chi connectivity index (χ0v) is 9.51. The van der Waals surface area contributed by atoms with E-state index < -0.39 is 0 Å². The highest BCUT2D eigenvalue weighted by Gasteiger charge is 2.21. The molecule has 1 amide bonds. The minimum absolute atomic E-state index is 0.0744. The molecule has 1 heterocycles. The van der Waals surface area contributed by atoms with Gasteiger partial charge in [-0.2, -0.15) is 0 Å². The molecular weight excluding hydrogens is 222 g/mol. The summed E-state index contributed by atoms with van der Waals surface area (Å²) in [5, 5.41) is 6.04. The van der Waals surface area contributed by atoms with Crippen molar-refractivity contribution in [1.82, 2.24) is 5.32 Å². The lowest BCUT2D eigenvalue weighted by Crippen LogP contribution is -2.24. The Bertz CT molecular complexity index is 433. The number of carbonyl (C=O) groups excluding carboxylic acids is 1. The van der Waals surface area contributed by atoms with Gasteiger partial charge in [-0.3, -0.25) is 4.79 Å². The second-order valence-electron chi connectivity index (χ2n) is 3.76. The van der Waals surface area contributed by atoms with Crippen molar-refractivity contribution >= 4 is 28.8 Å². The van der Waals surface area contributed by atoms with Gasteiger partial charge in [-0.1, -0.05) is 24.4 Å². The van der Waals surface area contributed by atoms with Crippen molar-refractivity contribution in [3.63, 3.8) is 0 Å². The number of thiocarbonyl (C=S) groups is 1. The van der Waals surface area contributed by atoms with Gasteiger partial charge < -0.3 is 16.4 Å².